The highest BCUT2D eigenvalue weighted by Gasteiger charge is 2.29. The standard InChI is InChI=1S/C34H33N5O2/c1-23(25-7-3-2-4-8-25)36-33(40)27-11-14-30-29(21-27)31(34(41)38-30)32(26-15-17-35-18-16-26)37-28-12-9-24(10-13-28)22-39-19-5-6-20-39/h2-4,7-18,21,23,37H,5-6,19-20,22H2,1H3,(H,36,40)(H,38,41)/t23-/m1/s1. The van der Waals surface area contributed by atoms with Gasteiger partial charge in [-0.2, -0.15) is 0 Å². The van der Waals surface area contributed by atoms with Crippen molar-refractivity contribution in [1.82, 2.24) is 15.2 Å². The van der Waals surface area contributed by atoms with Gasteiger partial charge in [0, 0.05) is 47.0 Å². The molecule has 6 rings (SSSR count). The van der Waals surface area contributed by atoms with Crippen molar-refractivity contribution in [3.63, 3.8) is 0 Å². The maximum atomic E-state index is 13.4. The molecule has 0 spiro atoms. The van der Waals surface area contributed by atoms with E-state index < -0.39 is 0 Å². The molecular formula is C34H33N5O2. The zero-order valence-corrected chi connectivity index (χ0v) is 23.1. The SMILES string of the molecule is C[C@@H](NC(=O)c1ccc2c(c1)C(=C(Nc1ccc(CN3CCCC3)cc1)c1ccncc1)C(=O)N2)c1ccccc1. The van der Waals surface area contributed by atoms with E-state index in [4.69, 9.17) is 0 Å². The third-order valence-electron chi connectivity index (χ3n) is 7.72. The minimum atomic E-state index is -0.222. The maximum absolute atomic E-state index is 13.4. The average Bonchev–Trinajstić information content (AvgIpc) is 3.64. The molecule has 206 valence electrons. The van der Waals surface area contributed by atoms with Gasteiger partial charge in [0.1, 0.15) is 0 Å². The first-order valence-electron chi connectivity index (χ1n) is 14.1. The van der Waals surface area contributed by atoms with Crippen LogP contribution in [0.25, 0.3) is 11.3 Å². The number of aromatic nitrogens is 1. The predicted octanol–water partition coefficient (Wildman–Crippen LogP) is 6.10. The van der Waals surface area contributed by atoms with Crippen LogP contribution in [0.1, 0.15) is 58.4 Å². The van der Waals surface area contributed by atoms with Gasteiger partial charge in [-0.15, -0.1) is 0 Å². The molecule has 0 radical (unpaired) electrons. The topological polar surface area (TPSA) is 86.4 Å². The lowest BCUT2D eigenvalue weighted by Crippen LogP contribution is -2.26. The summed E-state index contributed by atoms with van der Waals surface area (Å²) in [6.45, 7) is 5.21. The Hall–Kier alpha value is -4.75. The van der Waals surface area contributed by atoms with Crippen molar-refractivity contribution in [3.05, 3.63) is 125 Å². The first-order valence-corrected chi connectivity index (χ1v) is 14.1. The Labute approximate surface area is 240 Å². The number of likely N-dealkylation sites (tertiary alicyclic amines) is 1. The van der Waals surface area contributed by atoms with Gasteiger partial charge in [-0.3, -0.25) is 19.5 Å². The fraction of sp³-hybridized carbons (Fsp3) is 0.206. The summed E-state index contributed by atoms with van der Waals surface area (Å²) in [5, 5.41) is 9.56. The number of fused-ring (bicyclic) bond motifs is 1. The lowest BCUT2D eigenvalue weighted by molar-refractivity contribution is -0.110. The Kier molecular flexibility index (Phi) is 7.60. The molecule has 3 aromatic carbocycles. The summed E-state index contributed by atoms with van der Waals surface area (Å²) >= 11 is 0. The van der Waals surface area contributed by atoms with E-state index in [9.17, 15) is 9.59 Å². The van der Waals surface area contributed by atoms with Crippen LogP contribution in [-0.2, 0) is 11.3 Å². The van der Waals surface area contributed by atoms with Crippen LogP contribution in [0, 0.1) is 0 Å². The van der Waals surface area contributed by atoms with Crippen LogP contribution in [0.5, 0.6) is 0 Å². The van der Waals surface area contributed by atoms with Crippen LogP contribution in [0.2, 0.25) is 0 Å². The van der Waals surface area contributed by atoms with Crippen LogP contribution in [0.3, 0.4) is 0 Å². The van der Waals surface area contributed by atoms with Crippen molar-refractivity contribution in [2.24, 2.45) is 0 Å². The highest BCUT2D eigenvalue weighted by Crippen LogP contribution is 2.38. The highest BCUT2D eigenvalue weighted by atomic mass is 16.2. The Morgan fingerprint density at radius 1 is 0.927 bits per heavy atom. The number of carbonyl (C=O) groups is 2. The molecule has 0 unspecified atom stereocenters. The summed E-state index contributed by atoms with van der Waals surface area (Å²) in [6.07, 6.45) is 5.95. The number of pyridine rings is 1. The number of nitrogens with zero attached hydrogens (tertiary/aromatic N) is 2. The largest absolute Gasteiger partial charge is 0.354 e. The molecule has 2 aliphatic heterocycles. The molecule has 3 heterocycles. The van der Waals surface area contributed by atoms with E-state index in [2.05, 4.69) is 50.1 Å². The molecule has 2 amide bonds. The van der Waals surface area contributed by atoms with E-state index in [1.807, 2.05) is 49.4 Å². The van der Waals surface area contributed by atoms with Gasteiger partial charge in [0.15, 0.2) is 0 Å². The van der Waals surface area contributed by atoms with Gasteiger partial charge in [-0.25, -0.2) is 0 Å². The van der Waals surface area contributed by atoms with E-state index >= 15 is 0 Å². The molecule has 0 bridgehead atoms. The molecule has 7 nitrogen and oxygen atoms in total. The predicted molar refractivity (Wildman–Crippen MR) is 163 cm³/mol. The Morgan fingerprint density at radius 2 is 1.66 bits per heavy atom. The Bertz CT molecular complexity index is 1580. The lowest BCUT2D eigenvalue weighted by Gasteiger charge is -2.17. The molecule has 41 heavy (non-hydrogen) atoms. The van der Waals surface area contributed by atoms with Crippen molar-refractivity contribution in [2.45, 2.75) is 32.4 Å². The number of hydrogen-bond donors (Lipinski definition) is 3. The van der Waals surface area contributed by atoms with E-state index in [0.717, 1.165) is 36.4 Å². The number of anilines is 2. The molecule has 4 aromatic rings. The van der Waals surface area contributed by atoms with Gasteiger partial charge >= 0.3 is 0 Å². The Balaban J connectivity index is 1.32. The number of amides is 2. The van der Waals surface area contributed by atoms with Gasteiger partial charge in [0.2, 0.25) is 0 Å². The summed E-state index contributed by atoms with van der Waals surface area (Å²) < 4.78 is 0. The van der Waals surface area contributed by atoms with Crippen molar-refractivity contribution >= 4 is 34.5 Å². The summed E-state index contributed by atoms with van der Waals surface area (Å²) in [7, 11) is 0. The number of nitrogens with one attached hydrogen (secondary N) is 3. The molecule has 3 N–H and O–H groups in total. The van der Waals surface area contributed by atoms with Gasteiger partial charge in [-0.05, 0) is 86.4 Å². The molecule has 2 aliphatic rings. The molecule has 7 heteroatoms. The van der Waals surface area contributed by atoms with Crippen LogP contribution in [-0.4, -0.2) is 34.8 Å². The fourth-order valence-corrected chi connectivity index (χ4v) is 5.50. The highest BCUT2D eigenvalue weighted by molar-refractivity contribution is 6.37. The third-order valence-corrected chi connectivity index (χ3v) is 7.72. The molecule has 1 aromatic heterocycles. The van der Waals surface area contributed by atoms with Crippen molar-refractivity contribution < 1.29 is 9.59 Å². The van der Waals surface area contributed by atoms with Crippen molar-refractivity contribution in [3.8, 4) is 0 Å². The third kappa shape index (κ3) is 5.90. The molecule has 0 aliphatic carbocycles. The van der Waals surface area contributed by atoms with Crippen LogP contribution in [0.4, 0.5) is 11.4 Å². The summed E-state index contributed by atoms with van der Waals surface area (Å²) in [5.41, 5.74) is 6.97. The first kappa shape index (κ1) is 26.5. The molecule has 1 saturated heterocycles. The molecular weight excluding hydrogens is 510 g/mol. The zero-order chi connectivity index (χ0) is 28.2. The van der Waals surface area contributed by atoms with Gasteiger partial charge in [0.05, 0.1) is 17.3 Å². The van der Waals surface area contributed by atoms with E-state index in [1.54, 1.807) is 30.6 Å². The lowest BCUT2D eigenvalue weighted by atomic mass is 9.98. The molecule has 0 saturated carbocycles. The zero-order valence-electron chi connectivity index (χ0n) is 23.1. The van der Waals surface area contributed by atoms with Crippen LogP contribution in [0.15, 0.2) is 97.3 Å². The monoisotopic (exact) mass is 543 g/mol. The number of hydrogen-bond acceptors (Lipinski definition) is 5. The first-order chi connectivity index (χ1) is 20.0. The summed E-state index contributed by atoms with van der Waals surface area (Å²) in [5.74, 6) is -0.421. The van der Waals surface area contributed by atoms with Crippen molar-refractivity contribution in [2.75, 3.05) is 23.7 Å². The van der Waals surface area contributed by atoms with Crippen LogP contribution >= 0.6 is 0 Å². The maximum Gasteiger partial charge on any atom is 0.258 e. The minimum absolute atomic E-state index is 0.158. The minimum Gasteiger partial charge on any atom is -0.354 e. The quantitative estimate of drug-likeness (QED) is 0.234. The summed E-state index contributed by atoms with van der Waals surface area (Å²) in [6, 6.07) is 27.1. The second kappa shape index (κ2) is 11.8. The average molecular weight is 544 g/mol. The van der Waals surface area contributed by atoms with Gasteiger partial charge in [0.25, 0.3) is 11.8 Å². The number of rotatable bonds is 8. The van der Waals surface area contributed by atoms with Crippen LogP contribution < -0.4 is 16.0 Å². The van der Waals surface area contributed by atoms with Gasteiger partial charge < -0.3 is 16.0 Å². The van der Waals surface area contributed by atoms with Crippen molar-refractivity contribution in [1.29, 1.82) is 0 Å². The number of benzene rings is 3. The normalized spacial score (nSPS) is 16.6. The number of carbonyl (C=O) groups excluding carboxylic acids is 2. The second-order valence-electron chi connectivity index (χ2n) is 10.6. The Morgan fingerprint density at radius 3 is 2.39 bits per heavy atom. The van der Waals surface area contributed by atoms with E-state index in [-0.39, 0.29) is 17.9 Å². The van der Waals surface area contributed by atoms with E-state index in [0.29, 0.717) is 28.1 Å². The summed E-state index contributed by atoms with van der Waals surface area (Å²) in [4.78, 5) is 33.3. The fourth-order valence-electron chi connectivity index (χ4n) is 5.50. The second-order valence-corrected chi connectivity index (χ2v) is 10.6. The molecule has 1 fully saturated rings. The molecule has 1 atom stereocenters. The van der Waals surface area contributed by atoms with E-state index in [1.165, 1.54) is 18.4 Å². The smallest absolute Gasteiger partial charge is 0.258 e. The van der Waals surface area contributed by atoms with Gasteiger partial charge in [-0.1, -0.05) is 42.5 Å².